The first-order valence-corrected chi connectivity index (χ1v) is 15.3. The maximum absolute atomic E-state index is 13.1. The topological polar surface area (TPSA) is 34.9 Å². The van der Waals surface area contributed by atoms with E-state index in [-0.39, 0.29) is 5.78 Å². The smallest absolute Gasteiger partial charge is 0.183 e. The Morgan fingerprint density at radius 2 is 1.32 bits per heavy atom. The lowest BCUT2D eigenvalue weighted by Gasteiger charge is -2.06. The zero-order valence-electron chi connectivity index (χ0n) is 22.6. The van der Waals surface area contributed by atoms with Crippen molar-refractivity contribution in [2.75, 3.05) is 0 Å². The van der Waals surface area contributed by atoms with E-state index in [0.717, 1.165) is 29.3 Å². The second-order valence-electron chi connectivity index (χ2n) is 10.4. The number of carbonyl (C=O) groups excluding carboxylic acids is 1. The van der Waals surface area contributed by atoms with Crippen LogP contribution in [0.25, 0.3) is 10.9 Å². The molecule has 1 heterocycles. The number of halogens is 2. The summed E-state index contributed by atoms with van der Waals surface area (Å²) in [5.41, 5.74) is 2.46. The molecule has 3 nitrogen and oxygen atoms in total. The predicted octanol–water partition coefficient (Wildman–Crippen LogP) is 10.8. The van der Waals surface area contributed by atoms with Crippen molar-refractivity contribution < 1.29 is 4.79 Å². The molecular weight excluding hydrogens is 499 g/mol. The molecule has 0 aliphatic heterocycles. The summed E-state index contributed by atoms with van der Waals surface area (Å²) in [5.74, 6) is 0.131. The van der Waals surface area contributed by atoms with Gasteiger partial charge in [-0.2, -0.15) is 5.10 Å². The van der Waals surface area contributed by atoms with Crippen molar-refractivity contribution in [3.05, 3.63) is 63.8 Å². The highest BCUT2D eigenvalue weighted by atomic mass is 35.5. The van der Waals surface area contributed by atoms with Crippen molar-refractivity contribution in [2.24, 2.45) is 0 Å². The van der Waals surface area contributed by atoms with Gasteiger partial charge in [0, 0.05) is 21.9 Å². The Hall–Kier alpha value is -1.84. The molecule has 0 bridgehead atoms. The van der Waals surface area contributed by atoms with E-state index in [0.29, 0.717) is 28.7 Å². The summed E-state index contributed by atoms with van der Waals surface area (Å²) in [7, 11) is 0. The number of nitrogens with zero attached hydrogens (tertiary/aromatic N) is 2. The molecule has 0 saturated carbocycles. The number of benzene rings is 2. The zero-order chi connectivity index (χ0) is 26.3. The summed E-state index contributed by atoms with van der Waals surface area (Å²) in [6.07, 6.45) is 20.4. The van der Waals surface area contributed by atoms with E-state index in [9.17, 15) is 4.79 Å². The van der Waals surface area contributed by atoms with Crippen molar-refractivity contribution in [1.29, 1.82) is 0 Å². The van der Waals surface area contributed by atoms with Crippen LogP contribution in [-0.4, -0.2) is 15.6 Å². The van der Waals surface area contributed by atoms with Gasteiger partial charge in [0.25, 0.3) is 0 Å². The molecule has 0 N–H and O–H groups in total. The van der Waals surface area contributed by atoms with Crippen LogP contribution in [0, 0.1) is 0 Å². The summed E-state index contributed by atoms with van der Waals surface area (Å²) in [6.45, 7) is 2.78. The molecule has 202 valence electrons. The van der Waals surface area contributed by atoms with Crippen LogP contribution in [0.1, 0.15) is 126 Å². The molecule has 2 aromatic carbocycles. The second-order valence-corrected chi connectivity index (χ2v) is 11.2. The Morgan fingerprint density at radius 1 is 0.757 bits per heavy atom. The van der Waals surface area contributed by atoms with Crippen LogP contribution < -0.4 is 0 Å². The standard InChI is InChI=1S/C32H44Cl2N2O/c1-2-3-4-5-6-7-8-9-10-11-12-13-14-15-16-21-31(37)32-28-19-17-18-20-30(28)36(35-32)25-26-22-23-27(33)24-29(26)34/h17-20,22-24H,2-16,21,25H2,1H3. The molecule has 0 spiro atoms. The largest absolute Gasteiger partial charge is 0.292 e. The van der Waals surface area contributed by atoms with Gasteiger partial charge in [-0.1, -0.05) is 144 Å². The lowest BCUT2D eigenvalue weighted by molar-refractivity contribution is 0.0975. The van der Waals surface area contributed by atoms with E-state index in [1.165, 1.54) is 83.5 Å². The minimum Gasteiger partial charge on any atom is -0.292 e. The van der Waals surface area contributed by atoms with E-state index in [1.807, 2.05) is 41.1 Å². The first kappa shape index (κ1) is 29.7. The number of para-hydroxylation sites is 1. The molecule has 0 aliphatic rings. The fraction of sp³-hybridized carbons (Fsp3) is 0.562. The summed E-state index contributed by atoms with van der Waals surface area (Å²) in [5, 5.41) is 6.85. The average Bonchev–Trinajstić information content (AvgIpc) is 3.26. The highest BCUT2D eigenvalue weighted by molar-refractivity contribution is 6.35. The van der Waals surface area contributed by atoms with Gasteiger partial charge in [0.1, 0.15) is 5.69 Å². The minimum absolute atomic E-state index is 0.131. The van der Waals surface area contributed by atoms with E-state index >= 15 is 0 Å². The normalized spacial score (nSPS) is 11.4. The van der Waals surface area contributed by atoms with Crippen molar-refractivity contribution in [2.45, 2.75) is 116 Å². The lowest BCUT2D eigenvalue weighted by atomic mass is 10.0. The van der Waals surface area contributed by atoms with Gasteiger partial charge >= 0.3 is 0 Å². The Kier molecular flexibility index (Phi) is 13.6. The Bertz CT molecular complexity index is 1090. The van der Waals surface area contributed by atoms with E-state index in [1.54, 1.807) is 6.07 Å². The van der Waals surface area contributed by atoms with E-state index in [2.05, 4.69) is 6.92 Å². The number of aromatic nitrogens is 2. The van der Waals surface area contributed by atoms with Crippen molar-refractivity contribution in [3.63, 3.8) is 0 Å². The molecule has 0 amide bonds. The van der Waals surface area contributed by atoms with Crippen LogP contribution >= 0.6 is 23.2 Å². The third-order valence-corrected chi connectivity index (χ3v) is 7.85. The summed E-state index contributed by atoms with van der Waals surface area (Å²) < 4.78 is 1.88. The molecular formula is C32H44Cl2N2O. The summed E-state index contributed by atoms with van der Waals surface area (Å²) >= 11 is 12.4. The molecule has 0 atom stereocenters. The SMILES string of the molecule is CCCCCCCCCCCCCCCCCC(=O)c1nn(Cc2ccc(Cl)cc2Cl)c2ccccc12. The van der Waals surface area contributed by atoms with E-state index in [4.69, 9.17) is 28.3 Å². The van der Waals surface area contributed by atoms with Crippen LogP contribution in [0.2, 0.25) is 10.0 Å². The number of unbranched alkanes of at least 4 members (excludes halogenated alkanes) is 14. The number of Topliss-reactive ketones (excluding diaryl/α,β-unsaturated/α-hetero) is 1. The maximum atomic E-state index is 13.1. The number of ketones is 1. The monoisotopic (exact) mass is 542 g/mol. The van der Waals surface area contributed by atoms with Crippen LogP contribution in [0.5, 0.6) is 0 Å². The molecule has 0 unspecified atom stereocenters. The quantitative estimate of drug-likeness (QED) is 0.111. The highest BCUT2D eigenvalue weighted by Crippen LogP contribution is 2.25. The Labute approximate surface area is 233 Å². The summed E-state index contributed by atoms with van der Waals surface area (Å²) in [4.78, 5) is 13.1. The molecule has 37 heavy (non-hydrogen) atoms. The zero-order valence-corrected chi connectivity index (χ0v) is 24.1. The average molecular weight is 544 g/mol. The van der Waals surface area contributed by atoms with Gasteiger partial charge in [-0.25, -0.2) is 0 Å². The fourth-order valence-electron chi connectivity index (χ4n) is 5.04. The Balaban J connectivity index is 1.34. The van der Waals surface area contributed by atoms with Crippen molar-refractivity contribution in [3.8, 4) is 0 Å². The molecule has 0 fully saturated rings. The van der Waals surface area contributed by atoms with E-state index < -0.39 is 0 Å². The van der Waals surface area contributed by atoms with Crippen LogP contribution in [0.3, 0.4) is 0 Å². The van der Waals surface area contributed by atoms with Gasteiger partial charge in [0.2, 0.25) is 0 Å². The third kappa shape index (κ3) is 10.1. The number of hydrogen-bond donors (Lipinski definition) is 0. The van der Waals surface area contributed by atoms with Gasteiger partial charge < -0.3 is 0 Å². The van der Waals surface area contributed by atoms with Gasteiger partial charge in [-0.05, 0) is 30.2 Å². The minimum atomic E-state index is 0.131. The fourth-order valence-corrected chi connectivity index (χ4v) is 5.51. The van der Waals surface area contributed by atoms with Crippen LogP contribution in [0.4, 0.5) is 0 Å². The van der Waals surface area contributed by atoms with Gasteiger partial charge in [0.05, 0.1) is 12.1 Å². The molecule has 3 rings (SSSR count). The van der Waals surface area contributed by atoms with Gasteiger partial charge in [-0.3, -0.25) is 9.48 Å². The Morgan fingerprint density at radius 3 is 1.92 bits per heavy atom. The lowest BCUT2D eigenvalue weighted by Crippen LogP contribution is -2.05. The number of carbonyl (C=O) groups is 1. The molecule has 5 heteroatoms. The van der Waals surface area contributed by atoms with Crippen molar-refractivity contribution in [1.82, 2.24) is 9.78 Å². The second kappa shape index (κ2) is 16.9. The third-order valence-electron chi connectivity index (χ3n) is 7.26. The molecule has 0 aliphatic carbocycles. The van der Waals surface area contributed by atoms with Gasteiger partial charge in [0.15, 0.2) is 5.78 Å². The first-order chi connectivity index (χ1) is 18.1. The van der Waals surface area contributed by atoms with Crippen LogP contribution in [-0.2, 0) is 6.54 Å². The molecule has 0 radical (unpaired) electrons. The predicted molar refractivity (Wildman–Crippen MR) is 159 cm³/mol. The van der Waals surface area contributed by atoms with Gasteiger partial charge in [-0.15, -0.1) is 0 Å². The van der Waals surface area contributed by atoms with Crippen molar-refractivity contribution >= 4 is 39.9 Å². The molecule has 0 saturated heterocycles. The summed E-state index contributed by atoms with van der Waals surface area (Å²) in [6, 6.07) is 13.4. The maximum Gasteiger partial charge on any atom is 0.183 e. The highest BCUT2D eigenvalue weighted by Gasteiger charge is 2.17. The molecule has 1 aromatic heterocycles. The van der Waals surface area contributed by atoms with Crippen LogP contribution in [0.15, 0.2) is 42.5 Å². The number of fused-ring (bicyclic) bond motifs is 1. The molecule has 3 aromatic rings. The number of hydrogen-bond acceptors (Lipinski definition) is 2. The first-order valence-electron chi connectivity index (χ1n) is 14.5. The number of rotatable bonds is 19.